The maximum absolute atomic E-state index is 12.9. The van der Waals surface area contributed by atoms with Crippen molar-refractivity contribution in [2.24, 2.45) is 0 Å². The van der Waals surface area contributed by atoms with Crippen molar-refractivity contribution in [1.29, 1.82) is 0 Å². The van der Waals surface area contributed by atoms with Gasteiger partial charge >= 0.3 is 48.8 Å². The molecule has 0 radical (unpaired) electrons. The zero-order chi connectivity index (χ0) is 25.4. The molecule has 31 heavy (non-hydrogen) atoms. The van der Waals surface area contributed by atoms with Crippen molar-refractivity contribution in [1.82, 2.24) is 0 Å². The lowest BCUT2D eigenvalue weighted by Crippen LogP contribution is -2.47. The van der Waals surface area contributed by atoms with Crippen molar-refractivity contribution in [3.05, 3.63) is 23.7 Å². The van der Waals surface area contributed by atoms with Crippen LogP contribution in [0.2, 0.25) is 0 Å². The normalized spacial score (nSPS) is 16.7. The molecule has 0 fully saturated rings. The van der Waals surface area contributed by atoms with Gasteiger partial charge in [0.05, 0.1) is 0 Å². The van der Waals surface area contributed by atoms with Crippen molar-refractivity contribution in [3.8, 4) is 0 Å². The van der Waals surface area contributed by atoms with Crippen LogP contribution in [0.1, 0.15) is 0 Å². The van der Waals surface area contributed by atoms with E-state index in [0.29, 0.717) is 0 Å². The van der Waals surface area contributed by atoms with E-state index in [4.69, 9.17) is 0 Å². The zero-order valence-electron chi connectivity index (χ0n) is 13.0. The third kappa shape index (κ3) is 6.97. The summed E-state index contributed by atoms with van der Waals surface area (Å²) in [5.41, 5.74) is 0. The van der Waals surface area contributed by atoms with Crippen LogP contribution in [0, 0.1) is 0 Å². The predicted molar refractivity (Wildman–Crippen MR) is 53.6 cm³/mol. The zero-order valence-corrected chi connectivity index (χ0v) is 13.0. The number of hydrogen-bond donors (Lipinski definition) is 0. The van der Waals surface area contributed by atoms with Crippen LogP contribution >= 0.6 is 0 Å². The average Bonchev–Trinajstić information content (AvgIpc) is 2.47. The van der Waals surface area contributed by atoms with Gasteiger partial charge in [-0.1, -0.05) is 0 Å². The third-order valence-corrected chi connectivity index (χ3v) is 2.29. The first kappa shape index (κ1) is 28.9. The summed E-state index contributed by atoms with van der Waals surface area (Å²) < 4.78 is 228. The number of hydrogen-bond acceptors (Lipinski definition) is 3. The Morgan fingerprint density at radius 1 is 0.419 bits per heavy atom. The molecule has 0 aliphatic carbocycles. The standard InChI is InChI=1S/C10F18O3/c11-1(5(15,16)7(19,20)30-9(23,24)25)3(13)29-4(14)2(12)6(17,18)8(21,22)31-10(26,27)28. The van der Waals surface area contributed by atoms with E-state index in [-0.39, 0.29) is 0 Å². The van der Waals surface area contributed by atoms with Crippen LogP contribution in [-0.2, 0) is 14.2 Å². The quantitative estimate of drug-likeness (QED) is 0.267. The molecule has 0 aromatic heterocycles. The second kappa shape index (κ2) is 8.47. The van der Waals surface area contributed by atoms with Gasteiger partial charge < -0.3 is 4.74 Å². The molecule has 0 spiro atoms. The summed E-state index contributed by atoms with van der Waals surface area (Å²) in [5, 5.41) is 0. The molecule has 0 bridgehead atoms. The van der Waals surface area contributed by atoms with E-state index in [0.717, 1.165) is 0 Å². The third-order valence-electron chi connectivity index (χ3n) is 2.29. The van der Waals surface area contributed by atoms with Crippen molar-refractivity contribution in [3.63, 3.8) is 0 Å². The summed E-state index contributed by atoms with van der Waals surface area (Å²) >= 11 is 0. The Kier molecular flexibility index (Phi) is 7.90. The van der Waals surface area contributed by atoms with E-state index < -0.39 is 60.5 Å². The molecular weight excluding hydrogens is 510 g/mol. The second-order valence-corrected chi connectivity index (χ2v) is 4.56. The van der Waals surface area contributed by atoms with Crippen LogP contribution in [-0.4, -0.2) is 36.8 Å². The number of halogens is 18. The number of ether oxygens (including phenoxy) is 3. The Hall–Kier alpha value is -2.06. The molecule has 0 N–H and O–H groups in total. The van der Waals surface area contributed by atoms with Crippen molar-refractivity contribution < 1.29 is 93.2 Å². The first-order valence-electron chi connectivity index (χ1n) is 6.13. The minimum Gasteiger partial charge on any atom is -0.400 e. The second-order valence-electron chi connectivity index (χ2n) is 4.56. The topological polar surface area (TPSA) is 27.7 Å². The number of alkyl halides is 14. The van der Waals surface area contributed by atoms with E-state index in [1.807, 2.05) is 0 Å². The van der Waals surface area contributed by atoms with Gasteiger partial charge in [-0.25, -0.2) is 9.47 Å². The van der Waals surface area contributed by atoms with Crippen LogP contribution < -0.4 is 0 Å². The molecule has 0 aromatic rings. The maximum Gasteiger partial charge on any atom is 0.527 e. The van der Waals surface area contributed by atoms with Gasteiger partial charge in [0.1, 0.15) is 0 Å². The molecule has 0 unspecified atom stereocenters. The van der Waals surface area contributed by atoms with Gasteiger partial charge in [0, 0.05) is 0 Å². The predicted octanol–water partition coefficient (Wildman–Crippen LogP) is 6.75. The van der Waals surface area contributed by atoms with Gasteiger partial charge in [0.15, 0.2) is 0 Å². The van der Waals surface area contributed by atoms with Crippen LogP contribution in [0.5, 0.6) is 0 Å². The summed E-state index contributed by atoms with van der Waals surface area (Å²) in [7, 11) is 0. The highest BCUT2D eigenvalue weighted by Crippen LogP contribution is 2.48. The molecular formula is C10F18O3. The molecule has 0 heterocycles. The number of rotatable bonds is 8. The summed E-state index contributed by atoms with van der Waals surface area (Å²) in [6.45, 7) is 0. The van der Waals surface area contributed by atoms with Gasteiger partial charge in [-0.15, -0.1) is 26.3 Å². The fraction of sp³-hybridized carbons (Fsp3) is 0.600. The highest BCUT2D eigenvalue weighted by Gasteiger charge is 2.69. The Labute approximate surface area is 155 Å². The molecule has 21 heteroatoms. The van der Waals surface area contributed by atoms with E-state index in [9.17, 15) is 79.0 Å². The lowest BCUT2D eigenvalue weighted by atomic mass is 10.2. The Morgan fingerprint density at radius 2 is 0.645 bits per heavy atom. The summed E-state index contributed by atoms with van der Waals surface area (Å²) in [4.78, 5) is 0. The molecule has 184 valence electrons. The lowest BCUT2D eigenvalue weighted by Gasteiger charge is -2.26. The van der Waals surface area contributed by atoms with Crippen LogP contribution in [0.25, 0.3) is 0 Å². The summed E-state index contributed by atoms with van der Waals surface area (Å²) in [5.74, 6) is -23.3. The SMILES string of the molecule is FC(OC(F)=C(F)C(F)(F)C(F)(F)OC(F)(F)F)=C(F)C(F)(F)C(F)(F)OC(F)(F)F. The largest absolute Gasteiger partial charge is 0.527 e. The molecule has 0 aliphatic heterocycles. The molecule has 0 aliphatic rings. The molecule has 0 rings (SSSR count). The minimum atomic E-state index is -7.07. The monoisotopic (exact) mass is 510 g/mol. The van der Waals surface area contributed by atoms with Gasteiger partial charge in [-0.05, 0) is 0 Å². The maximum atomic E-state index is 12.9. The van der Waals surface area contributed by atoms with Gasteiger partial charge in [0.25, 0.3) is 11.7 Å². The fourth-order valence-electron chi connectivity index (χ4n) is 1.09. The van der Waals surface area contributed by atoms with Crippen molar-refractivity contribution in [2.45, 2.75) is 36.8 Å². The molecule has 0 saturated carbocycles. The van der Waals surface area contributed by atoms with Crippen LogP contribution in [0.4, 0.5) is 79.0 Å². The minimum absolute atomic E-state index is 1.46. The highest BCUT2D eigenvalue weighted by molar-refractivity contribution is 5.14. The molecule has 0 amide bonds. The molecule has 3 nitrogen and oxygen atoms in total. The molecule has 0 saturated heterocycles. The first-order valence-corrected chi connectivity index (χ1v) is 6.13. The van der Waals surface area contributed by atoms with Gasteiger partial charge in [-0.2, -0.15) is 52.7 Å². The first-order chi connectivity index (χ1) is 13.3. The Balaban J connectivity index is 6.05. The Morgan fingerprint density at radius 3 is 0.839 bits per heavy atom. The van der Waals surface area contributed by atoms with Crippen molar-refractivity contribution >= 4 is 0 Å². The average molecular weight is 510 g/mol. The van der Waals surface area contributed by atoms with Gasteiger partial charge in [0.2, 0.25) is 0 Å². The van der Waals surface area contributed by atoms with E-state index in [1.165, 1.54) is 9.47 Å². The van der Waals surface area contributed by atoms with E-state index in [1.54, 1.807) is 0 Å². The van der Waals surface area contributed by atoms with Crippen LogP contribution in [0.15, 0.2) is 23.7 Å². The van der Waals surface area contributed by atoms with E-state index >= 15 is 0 Å². The molecule has 0 atom stereocenters. The smallest absolute Gasteiger partial charge is 0.400 e. The van der Waals surface area contributed by atoms with Crippen LogP contribution in [0.3, 0.4) is 0 Å². The summed E-state index contributed by atoms with van der Waals surface area (Å²) in [6.07, 6.45) is -27.4. The summed E-state index contributed by atoms with van der Waals surface area (Å²) in [6, 6.07) is -8.50. The fourth-order valence-corrected chi connectivity index (χ4v) is 1.09. The van der Waals surface area contributed by atoms with Crippen molar-refractivity contribution in [2.75, 3.05) is 0 Å². The Bertz CT molecular complexity index is 653. The van der Waals surface area contributed by atoms with E-state index in [2.05, 4.69) is 4.74 Å². The molecule has 0 aromatic carbocycles. The van der Waals surface area contributed by atoms with Gasteiger partial charge in [-0.3, -0.25) is 0 Å². The lowest BCUT2D eigenvalue weighted by molar-refractivity contribution is -0.462. The highest BCUT2D eigenvalue weighted by atomic mass is 19.4.